The van der Waals surface area contributed by atoms with E-state index in [9.17, 15) is 13.2 Å². The fourth-order valence-electron chi connectivity index (χ4n) is 2.62. The smallest absolute Gasteiger partial charge is 0.275 e. The van der Waals surface area contributed by atoms with Crippen LogP contribution in [0.3, 0.4) is 0 Å². The van der Waals surface area contributed by atoms with Gasteiger partial charge in [-0.3, -0.25) is 9.48 Å². The second-order valence-corrected chi connectivity index (χ2v) is 7.54. The molecule has 26 heavy (non-hydrogen) atoms. The highest BCUT2D eigenvalue weighted by Gasteiger charge is 2.27. The molecule has 136 valence electrons. The van der Waals surface area contributed by atoms with Crippen molar-refractivity contribution in [3.05, 3.63) is 36.3 Å². The van der Waals surface area contributed by atoms with Crippen molar-refractivity contribution >= 4 is 21.7 Å². The minimum absolute atomic E-state index is 0.00793. The van der Waals surface area contributed by atoms with Crippen molar-refractivity contribution in [3.8, 4) is 6.19 Å². The number of rotatable bonds is 5. The number of aryl methyl sites for hydroxylation is 1. The third-order valence-electron chi connectivity index (χ3n) is 3.99. The van der Waals surface area contributed by atoms with Crippen molar-refractivity contribution < 1.29 is 13.2 Å². The fraction of sp³-hybridized carbons (Fsp3) is 0.333. The molecular weight excluding hydrogens is 358 g/mol. The molecule has 0 aromatic carbocycles. The normalized spacial score (nSPS) is 17.1. The van der Waals surface area contributed by atoms with Gasteiger partial charge in [-0.25, -0.2) is 18.1 Å². The number of carbonyl (C=O) groups excluding carboxylic acids is 1. The van der Waals surface area contributed by atoms with Crippen LogP contribution in [0, 0.1) is 11.5 Å². The first-order chi connectivity index (χ1) is 12.4. The number of anilines is 1. The van der Waals surface area contributed by atoms with E-state index in [1.165, 1.54) is 34.1 Å². The molecule has 2 aromatic heterocycles. The molecule has 1 atom stereocenters. The summed E-state index contributed by atoms with van der Waals surface area (Å²) in [5, 5.41) is 15.3. The van der Waals surface area contributed by atoms with Gasteiger partial charge in [-0.1, -0.05) is 0 Å². The Balaban J connectivity index is 1.66. The Hall–Kier alpha value is -2.97. The number of sulfonamides is 1. The molecular formula is C15H17N7O3S. The molecule has 3 heterocycles. The summed E-state index contributed by atoms with van der Waals surface area (Å²) >= 11 is 0. The van der Waals surface area contributed by atoms with Gasteiger partial charge in [0.15, 0.2) is 6.19 Å². The molecule has 1 unspecified atom stereocenters. The number of amides is 1. The van der Waals surface area contributed by atoms with Gasteiger partial charge in [-0.15, -0.1) is 0 Å². The topological polar surface area (TPSA) is 133 Å². The molecule has 10 nitrogen and oxygen atoms in total. The Morgan fingerprint density at radius 1 is 1.38 bits per heavy atom. The molecule has 2 N–H and O–H groups in total. The predicted molar refractivity (Wildman–Crippen MR) is 91.3 cm³/mol. The molecule has 0 saturated carbocycles. The number of nitrogens with zero attached hydrogens (tertiary/aromatic N) is 5. The van der Waals surface area contributed by atoms with E-state index >= 15 is 0 Å². The molecule has 1 fully saturated rings. The molecule has 0 bridgehead atoms. The standard InChI is InChI=1S/C15H17N7O3S/c1-21-13(4-6-18-21)15(23)19-14-3-2-12(8-17-14)26(24,25)20-11-5-7-22(9-11)10-16/h2-4,6,8,11,20H,5,7,9H2,1H3,(H,17,19,23). The molecule has 3 rings (SSSR count). The van der Waals surface area contributed by atoms with Crippen LogP contribution >= 0.6 is 0 Å². The second-order valence-electron chi connectivity index (χ2n) is 5.83. The maximum atomic E-state index is 12.4. The fourth-order valence-corrected chi connectivity index (χ4v) is 3.83. The number of hydrogen-bond donors (Lipinski definition) is 2. The lowest BCUT2D eigenvalue weighted by atomic mass is 10.3. The van der Waals surface area contributed by atoms with Gasteiger partial charge < -0.3 is 10.2 Å². The van der Waals surface area contributed by atoms with Crippen LogP contribution in [0.25, 0.3) is 0 Å². The molecule has 0 aliphatic carbocycles. The van der Waals surface area contributed by atoms with Crippen molar-refractivity contribution in [2.24, 2.45) is 7.05 Å². The number of likely N-dealkylation sites (tertiary alicyclic amines) is 1. The van der Waals surface area contributed by atoms with E-state index in [-0.39, 0.29) is 16.8 Å². The Kier molecular flexibility index (Phi) is 4.88. The third-order valence-corrected chi connectivity index (χ3v) is 5.50. The molecule has 1 aliphatic heterocycles. The highest BCUT2D eigenvalue weighted by Crippen LogP contribution is 2.15. The van der Waals surface area contributed by atoms with Crippen molar-refractivity contribution in [2.45, 2.75) is 17.4 Å². The van der Waals surface area contributed by atoms with E-state index < -0.39 is 15.9 Å². The second kappa shape index (κ2) is 7.11. The van der Waals surface area contributed by atoms with Crippen LogP contribution in [-0.2, 0) is 17.1 Å². The van der Waals surface area contributed by atoms with Crippen LogP contribution in [0.2, 0.25) is 0 Å². The quantitative estimate of drug-likeness (QED) is 0.697. The monoisotopic (exact) mass is 375 g/mol. The lowest BCUT2D eigenvalue weighted by Crippen LogP contribution is -2.36. The molecule has 0 radical (unpaired) electrons. The van der Waals surface area contributed by atoms with Crippen LogP contribution in [0.1, 0.15) is 16.9 Å². The van der Waals surface area contributed by atoms with Crippen LogP contribution in [-0.4, -0.2) is 53.1 Å². The first-order valence-electron chi connectivity index (χ1n) is 7.81. The Bertz CT molecular complexity index is 946. The van der Waals surface area contributed by atoms with Gasteiger partial charge in [-0.05, 0) is 24.6 Å². The van der Waals surface area contributed by atoms with Gasteiger partial charge in [-0.2, -0.15) is 10.4 Å². The zero-order chi connectivity index (χ0) is 18.7. The molecule has 11 heteroatoms. The van der Waals surface area contributed by atoms with Crippen molar-refractivity contribution in [1.29, 1.82) is 5.26 Å². The maximum absolute atomic E-state index is 12.4. The SMILES string of the molecule is Cn1nccc1C(=O)Nc1ccc(S(=O)(=O)NC2CCN(C#N)C2)cn1. The van der Waals surface area contributed by atoms with Crippen molar-refractivity contribution in [1.82, 2.24) is 24.4 Å². The van der Waals surface area contributed by atoms with Gasteiger partial charge in [0.25, 0.3) is 5.91 Å². The van der Waals surface area contributed by atoms with Gasteiger partial charge >= 0.3 is 0 Å². The van der Waals surface area contributed by atoms with E-state index in [0.717, 1.165) is 0 Å². The average Bonchev–Trinajstić information content (AvgIpc) is 3.23. The summed E-state index contributed by atoms with van der Waals surface area (Å²) in [7, 11) is -2.11. The lowest BCUT2D eigenvalue weighted by Gasteiger charge is -2.13. The first-order valence-corrected chi connectivity index (χ1v) is 9.30. The number of hydrogen-bond acceptors (Lipinski definition) is 7. The van der Waals surface area contributed by atoms with Crippen molar-refractivity contribution in [3.63, 3.8) is 0 Å². The van der Waals surface area contributed by atoms with E-state index in [2.05, 4.69) is 20.1 Å². The van der Waals surface area contributed by atoms with Crippen LogP contribution in [0.4, 0.5) is 5.82 Å². The third kappa shape index (κ3) is 3.81. The first kappa shape index (κ1) is 17.8. The van der Waals surface area contributed by atoms with Gasteiger partial charge in [0.05, 0.1) is 0 Å². The molecule has 0 spiro atoms. The molecule has 1 aliphatic rings. The summed E-state index contributed by atoms with van der Waals surface area (Å²) in [4.78, 5) is 17.6. The predicted octanol–water partition coefficient (Wildman–Crippen LogP) is -0.0989. The highest BCUT2D eigenvalue weighted by molar-refractivity contribution is 7.89. The van der Waals surface area contributed by atoms with Crippen molar-refractivity contribution in [2.75, 3.05) is 18.4 Å². The summed E-state index contributed by atoms with van der Waals surface area (Å²) in [5.74, 6) is -0.166. The van der Waals surface area contributed by atoms with E-state index in [0.29, 0.717) is 25.2 Å². The van der Waals surface area contributed by atoms with Gasteiger partial charge in [0, 0.05) is 38.6 Å². The van der Waals surface area contributed by atoms with Crippen LogP contribution in [0.5, 0.6) is 0 Å². The van der Waals surface area contributed by atoms with Crippen LogP contribution in [0.15, 0.2) is 35.5 Å². The molecule has 1 saturated heterocycles. The molecule has 1 amide bonds. The summed E-state index contributed by atoms with van der Waals surface area (Å²) in [6.45, 7) is 0.878. The minimum Gasteiger partial charge on any atom is -0.309 e. The average molecular weight is 375 g/mol. The van der Waals surface area contributed by atoms with Gasteiger partial charge in [0.2, 0.25) is 10.0 Å². The Morgan fingerprint density at radius 2 is 2.19 bits per heavy atom. The van der Waals surface area contributed by atoms with E-state index in [4.69, 9.17) is 5.26 Å². The number of nitriles is 1. The largest absolute Gasteiger partial charge is 0.309 e. The molecule has 2 aromatic rings. The van der Waals surface area contributed by atoms with E-state index in [1.807, 2.05) is 6.19 Å². The maximum Gasteiger partial charge on any atom is 0.275 e. The minimum atomic E-state index is -3.75. The lowest BCUT2D eigenvalue weighted by molar-refractivity contribution is 0.101. The Morgan fingerprint density at radius 3 is 2.77 bits per heavy atom. The number of pyridine rings is 1. The summed E-state index contributed by atoms with van der Waals surface area (Å²) < 4.78 is 28.8. The summed E-state index contributed by atoms with van der Waals surface area (Å²) in [5.41, 5.74) is 0.355. The zero-order valence-corrected chi connectivity index (χ0v) is 14.8. The zero-order valence-electron chi connectivity index (χ0n) is 14.0. The number of aromatic nitrogens is 3. The highest BCUT2D eigenvalue weighted by atomic mass is 32.2. The Labute approximate surface area is 150 Å². The van der Waals surface area contributed by atoms with Crippen LogP contribution < -0.4 is 10.0 Å². The number of nitrogens with one attached hydrogen (secondary N) is 2. The summed E-state index contributed by atoms with van der Waals surface area (Å²) in [6.07, 6.45) is 5.25. The van der Waals surface area contributed by atoms with Gasteiger partial charge in [0.1, 0.15) is 16.4 Å². The van der Waals surface area contributed by atoms with E-state index in [1.54, 1.807) is 13.1 Å². The number of carbonyl (C=O) groups is 1. The summed E-state index contributed by atoms with van der Waals surface area (Å²) in [6, 6.07) is 4.03.